The number of piperidine rings is 1. The summed E-state index contributed by atoms with van der Waals surface area (Å²) in [7, 11) is 0. The molecule has 0 bridgehead atoms. The van der Waals surface area contributed by atoms with Crippen LogP contribution in [-0.4, -0.2) is 35.6 Å². The van der Waals surface area contributed by atoms with Crippen LogP contribution in [0, 0.1) is 5.92 Å². The number of carboxylic acids is 1. The van der Waals surface area contributed by atoms with E-state index in [0.29, 0.717) is 12.5 Å². The molecule has 104 valence electrons. The number of nitrogens with one attached hydrogen (secondary N) is 2. The maximum atomic E-state index is 11.7. The van der Waals surface area contributed by atoms with Crippen LogP contribution >= 0.6 is 0 Å². The van der Waals surface area contributed by atoms with E-state index < -0.39 is 12.0 Å². The fraction of sp³-hybridized carbons (Fsp3) is 0.846. The molecule has 1 aliphatic heterocycles. The molecule has 5 heteroatoms. The molecule has 0 radical (unpaired) electrons. The molecular formula is C13H24N2O3. The Morgan fingerprint density at radius 1 is 1.39 bits per heavy atom. The summed E-state index contributed by atoms with van der Waals surface area (Å²) in [6, 6.07) is -0.372. The van der Waals surface area contributed by atoms with Crippen molar-refractivity contribution < 1.29 is 14.7 Å². The van der Waals surface area contributed by atoms with Crippen molar-refractivity contribution in [3.8, 4) is 0 Å². The van der Waals surface area contributed by atoms with Gasteiger partial charge in [-0.2, -0.15) is 0 Å². The zero-order valence-corrected chi connectivity index (χ0v) is 11.2. The molecule has 1 amide bonds. The van der Waals surface area contributed by atoms with Crippen LogP contribution in [0.5, 0.6) is 0 Å². The number of carbonyl (C=O) groups is 2. The van der Waals surface area contributed by atoms with E-state index in [1.165, 1.54) is 12.8 Å². The fourth-order valence-corrected chi connectivity index (χ4v) is 2.23. The Balaban J connectivity index is 2.29. The molecule has 18 heavy (non-hydrogen) atoms. The quantitative estimate of drug-likeness (QED) is 0.666. The van der Waals surface area contributed by atoms with Gasteiger partial charge >= 0.3 is 5.97 Å². The number of hydrogen-bond donors (Lipinski definition) is 3. The van der Waals surface area contributed by atoms with Crippen molar-refractivity contribution in [2.24, 2.45) is 5.92 Å². The Hall–Kier alpha value is -1.10. The predicted octanol–water partition coefficient (Wildman–Crippen LogP) is 1.13. The van der Waals surface area contributed by atoms with Crippen LogP contribution in [0.4, 0.5) is 0 Å². The zero-order chi connectivity index (χ0) is 13.5. The molecule has 0 aromatic rings. The molecule has 0 spiro atoms. The highest BCUT2D eigenvalue weighted by Crippen LogP contribution is 2.12. The largest absolute Gasteiger partial charge is 0.480 e. The van der Waals surface area contributed by atoms with Crippen molar-refractivity contribution in [3.63, 3.8) is 0 Å². The second kappa shape index (κ2) is 7.36. The van der Waals surface area contributed by atoms with Crippen LogP contribution in [-0.2, 0) is 9.59 Å². The SMILES string of the molecule is CC(C)C(NC(=O)CCC1CCCCN1)C(=O)O. The second-order valence-corrected chi connectivity index (χ2v) is 5.31. The molecule has 0 aromatic carbocycles. The molecule has 3 N–H and O–H groups in total. The molecule has 5 nitrogen and oxygen atoms in total. The lowest BCUT2D eigenvalue weighted by Crippen LogP contribution is -2.44. The molecule has 0 aromatic heterocycles. The number of amides is 1. The highest BCUT2D eigenvalue weighted by molar-refractivity contribution is 5.83. The highest BCUT2D eigenvalue weighted by Gasteiger charge is 2.23. The number of carbonyl (C=O) groups excluding carboxylic acids is 1. The molecule has 0 aliphatic carbocycles. The standard InChI is InChI=1S/C13H24N2O3/c1-9(2)12(13(17)18)15-11(16)7-6-10-5-3-4-8-14-10/h9-10,12,14H,3-8H2,1-2H3,(H,15,16)(H,17,18). The summed E-state index contributed by atoms with van der Waals surface area (Å²) in [6.45, 7) is 4.61. The highest BCUT2D eigenvalue weighted by atomic mass is 16.4. The van der Waals surface area contributed by atoms with E-state index in [2.05, 4.69) is 10.6 Å². The minimum atomic E-state index is -0.964. The maximum Gasteiger partial charge on any atom is 0.326 e. The third-order valence-corrected chi connectivity index (χ3v) is 3.38. The third kappa shape index (κ3) is 5.04. The number of hydrogen-bond acceptors (Lipinski definition) is 3. The Morgan fingerprint density at radius 2 is 2.11 bits per heavy atom. The van der Waals surface area contributed by atoms with Gasteiger partial charge in [-0.25, -0.2) is 4.79 Å². The van der Waals surface area contributed by atoms with Gasteiger partial charge in [0, 0.05) is 12.5 Å². The van der Waals surface area contributed by atoms with Crippen LogP contribution in [0.25, 0.3) is 0 Å². The Morgan fingerprint density at radius 3 is 2.61 bits per heavy atom. The van der Waals surface area contributed by atoms with Crippen molar-refractivity contribution in [1.29, 1.82) is 0 Å². The fourth-order valence-electron chi connectivity index (χ4n) is 2.23. The number of rotatable bonds is 6. The van der Waals surface area contributed by atoms with Gasteiger partial charge in [-0.15, -0.1) is 0 Å². The minimum Gasteiger partial charge on any atom is -0.480 e. The first-order valence-corrected chi connectivity index (χ1v) is 6.76. The van der Waals surface area contributed by atoms with Gasteiger partial charge in [-0.05, 0) is 31.7 Å². The van der Waals surface area contributed by atoms with Crippen LogP contribution in [0.3, 0.4) is 0 Å². The van der Waals surface area contributed by atoms with Crippen molar-refractivity contribution in [1.82, 2.24) is 10.6 Å². The molecule has 1 fully saturated rings. The smallest absolute Gasteiger partial charge is 0.326 e. The second-order valence-electron chi connectivity index (χ2n) is 5.31. The molecule has 1 rings (SSSR count). The molecule has 1 saturated heterocycles. The summed E-state index contributed by atoms with van der Waals surface area (Å²) < 4.78 is 0. The molecular weight excluding hydrogens is 232 g/mol. The van der Waals surface area contributed by atoms with Gasteiger partial charge in [0.05, 0.1) is 0 Å². The van der Waals surface area contributed by atoms with E-state index in [1.54, 1.807) is 13.8 Å². The lowest BCUT2D eigenvalue weighted by molar-refractivity contribution is -0.143. The van der Waals surface area contributed by atoms with Crippen LogP contribution in [0.2, 0.25) is 0 Å². The van der Waals surface area contributed by atoms with E-state index in [4.69, 9.17) is 5.11 Å². The molecule has 0 saturated carbocycles. The third-order valence-electron chi connectivity index (χ3n) is 3.38. The van der Waals surface area contributed by atoms with Crippen molar-refractivity contribution in [3.05, 3.63) is 0 Å². The number of aliphatic carboxylic acids is 1. The normalized spacial score (nSPS) is 21.6. The van der Waals surface area contributed by atoms with Gasteiger partial charge < -0.3 is 15.7 Å². The summed E-state index contributed by atoms with van der Waals surface area (Å²) >= 11 is 0. The number of carboxylic acid groups (broad SMARTS) is 1. The monoisotopic (exact) mass is 256 g/mol. The summed E-state index contributed by atoms with van der Waals surface area (Å²) in [6.07, 6.45) is 4.71. The van der Waals surface area contributed by atoms with Crippen molar-refractivity contribution in [2.75, 3.05) is 6.54 Å². The maximum absolute atomic E-state index is 11.7. The Kier molecular flexibility index (Phi) is 6.12. The first-order chi connectivity index (χ1) is 8.50. The van der Waals surface area contributed by atoms with Gasteiger partial charge in [0.15, 0.2) is 0 Å². The van der Waals surface area contributed by atoms with E-state index in [1.807, 2.05) is 0 Å². The van der Waals surface area contributed by atoms with E-state index in [-0.39, 0.29) is 11.8 Å². The van der Waals surface area contributed by atoms with E-state index in [9.17, 15) is 9.59 Å². The van der Waals surface area contributed by atoms with Gasteiger partial charge in [-0.1, -0.05) is 20.3 Å². The average Bonchev–Trinajstić information content (AvgIpc) is 2.34. The average molecular weight is 256 g/mol. The summed E-state index contributed by atoms with van der Waals surface area (Å²) in [5, 5.41) is 14.9. The van der Waals surface area contributed by atoms with Gasteiger partial charge in [0.2, 0.25) is 5.91 Å². The van der Waals surface area contributed by atoms with Crippen molar-refractivity contribution >= 4 is 11.9 Å². The lowest BCUT2D eigenvalue weighted by Gasteiger charge is -2.23. The first-order valence-electron chi connectivity index (χ1n) is 6.76. The summed E-state index contributed by atoms with van der Waals surface area (Å²) in [5.41, 5.74) is 0. The van der Waals surface area contributed by atoms with Crippen LogP contribution in [0.1, 0.15) is 46.0 Å². The summed E-state index contributed by atoms with van der Waals surface area (Å²) in [5.74, 6) is -1.23. The van der Waals surface area contributed by atoms with E-state index in [0.717, 1.165) is 19.4 Å². The minimum absolute atomic E-state index is 0.0979. The Bertz CT molecular complexity index is 286. The topological polar surface area (TPSA) is 78.4 Å². The van der Waals surface area contributed by atoms with E-state index >= 15 is 0 Å². The predicted molar refractivity (Wildman–Crippen MR) is 69.3 cm³/mol. The van der Waals surface area contributed by atoms with Gasteiger partial charge in [0.1, 0.15) is 6.04 Å². The molecule has 1 aliphatic rings. The summed E-state index contributed by atoms with van der Waals surface area (Å²) in [4.78, 5) is 22.7. The zero-order valence-electron chi connectivity index (χ0n) is 11.2. The van der Waals surface area contributed by atoms with Crippen LogP contribution < -0.4 is 10.6 Å². The first kappa shape index (κ1) is 15.0. The lowest BCUT2D eigenvalue weighted by atomic mass is 10.00. The Labute approximate surface area is 108 Å². The molecule has 2 unspecified atom stereocenters. The van der Waals surface area contributed by atoms with Crippen LogP contribution in [0.15, 0.2) is 0 Å². The molecule has 1 heterocycles. The molecule has 2 atom stereocenters. The van der Waals surface area contributed by atoms with Gasteiger partial charge in [-0.3, -0.25) is 4.79 Å². The van der Waals surface area contributed by atoms with Crippen molar-refractivity contribution in [2.45, 2.75) is 58.0 Å². The van der Waals surface area contributed by atoms with Gasteiger partial charge in [0.25, 0.3) is 0 Å².